The van der Waals surface area contributed by atoms with Crippen molar-refractivity contribution in [1.29, 1.82) is 0 Å². The predicted octanol–water partition coefficient (Wildman–Crippen LogP) is 3.82. The van der Waals surface area contributed by atoms with E-state index >= 15 is 0 Å². The molecule has 0 amide bonds. The fourth-order valence-electron chi connectivity index (χ4n) is 2.54. The fourth-order valence-corrected chi connectivity index (χ4v) is 3.63. The minimum absolute atomic E-state index is 0.131. The van der Waals surface area contributed by atoms with E-state index in [4.69, 9.17) is 12.2 Å². The van der Waals surface area contributed by atoms with E-state index in [9.17, 15) is 0 Å². The van der Waals surface area contributed by atoms with Crippen molar-refractivity contribution < 1.29 is 0 Å². The molecule has 1 heterocycles. The van der Waals surface area contributed by atoms with Crippen molar-refractivity contribution in [3.05, 3.63) is 22.4 Å². The second kappa shape index (κ2) is 6.71. The van der Waals surface area contributed by atoms with Crippen LogP contribution in [0.1, 0.15) is 50.8 Å². The molecule has 0 unspecified atom stereocenters. The molecule has 1 aromatic rings. The maximum absolute atomic E-state index is 5.41. The molecular weight excluding hydrogens is 272 g/mol. The van der Waals surface area contributed by atoms with Crippen LogP contribution in [0.3, 0.4) is 0 Å². The Labute approximate surface area is 126 Å². The van der Waals surface area contributed by atoms with E-state index < -0.39 is 0 Å². The maximum Gasteiger partial charge on any atom is 0.166 e. The molecule has 0 atom stereocenters. The predicted molar refractivity (Wildman–Crippen MR) is 88.0 cm³/mol. The lowest BCUT2D eigenvalue weighted by Crippen LogP contribution is -2.46. The lowest BCUT2D eigenvalue weighted by atomic mass is 9.91. The topological polar surface area (TPSA) is 24.1 Å². The van der Waals surface area contributed by atoms with Gasteiger partial charge in [0, 0.05) is 22.9 Å². The van der Waals surface area contributed by atoms with E-state index in [-0.39, 0.29) is 5.41 Å². The van der Waals surface area contributed by atoms with Gasteiger partial charge in [0.1, 0.15) is 0 Å². The zero-order valence-corrected chi connectivity index (χ0v) is 13.5. The molecule has 2 N–H and O–H groups in total. The van der Waals surface area contributed by atoms with Gasteiger partial charge in [0.05, 0.1) is 0 Å². The zero-order valence-electron chi connectivity index (χ0n) is 11.9. The van der Waals surface area contributed by atoms with Crippen molar-refractivity contribution >= 4 is 28.7 Å². The van der Waals surface area contributed by atoms with Gasteiger partial charge in [-0.2, -0.15) is 0 Å². The fraction of sp³-hybridized carbons (Fsp3) is 0.667. The Morgan fingerprint density at radius 1 is 1.37 bits per heavy atom. The van der Waals surface area contributed by atoms with Gasteiger partial charge in [-0.05, 0) is 36.5 Å². The summed E-state index contributed by atoms with van der Waals surface area (Å²) in [6.45, 7) is 5.40. The number of thiocarbonyl (C=S) groups is 1. The van der Waals surface area contributed by atoms with E-state index in [1.165, 1.54) is 37.0 Å². The first-order valence-corrected chi connectivity index (χ1v) is 8.45. The molecule has 1 saturated carbocycles. The number of hydrogen-bond donors (Lipinski definition) is 2. The summed E-state index contributed by atoms with van der Waals surface area (Å²) in [6, 6.07) is 4.89. The molecule has 0 radical (unpaired) electrons. The Balaban J connectivity index is 1.76. The van der Waals surface area contributed by atoms with Gasteiger partial charge in [0.15, 0.2) is 5.11 Å². The average Bonchev–Trinajstić information content (AvgIpc) is 2.92. The Kier molecular flexibility index (Phi) is 5.22. The highest BCUT2D eigenvalue weighted by Crippen LogP contribution is 2.26. The summed E-state index contributed by atoms with van der Waals surface area (Å²) in [4.78, 5) is 1.40. The minimum atomic E-state index is 0.131. The largest absolute Gasteiger partial charge is 0.362 e. The molecule has 0 saturated heterocycles. The molecule has 19 heavy (non-hydrogen) atoms. The highest BCUT2D eigenvalue weighted by Gasteiger charge is 2.22. The maximum atomic E-state index is 5.41. The second-order valence-corrected chi connectivity index (χ2v) is 7.38. The summed E-state index contributed by atoms with van der Waals surface area (Å²) in [5.41, 5.74) is 0.131. The molecule has 0 spiro atoms. The van der Waals surface area contributed by atoms with Gasteiger partial charge in [-0.15, -0.1) is 11.3 Å². The summed E-state index contributed by atoms with van der Waals surface area (Å²) < 4.78 is 0. The third-order valence-corrected chi connectivity index (χ3v) is 5.32. The molecule has 2 nitrogen and oxygen atoms in total. The summed E-state index contributed by atoms with van der Waals surface area (Å²) in [5, 5.41) is 9.80. The van der Waals surface area contributed by atoms with Crippen LogP contribution in [0.15, 0.2) is 17.5 Å². The number of thiophene rings is 1. The first-order chi connectivity index (χ1) is 9.08. The smallest absolute Gasteiger partial charge is 0.166 e. The van der Waals surface area contributed by atoms with Gasteiger partial charge in [-0.3, -0.25) is 0 Å². The van der Waals surface area contributed by atoms with Crippen LogP contribution >= 0.6 is 23.6 Å². The molecule has 0 aromatic carbocycles. The van der Waals surface area contributed by atoms with Gasteiger partial charge in [-0.25, -0.2) is 0 Å². The molecule has 1 aliphatic rings. The van der Waals surface area contributed by atoms with Crippen molar-refractivity contribution in [3.8, 4) is 0 Å². The summed E-state index contributed by atoms with van der Waals surface area (Å²) in [6.07, 6.45) is 6.57. The number of rotatable bonds is 4. The number of hydrogen-bond acceptors (Lipinski definition) is 2. The van der Waals surface area contributed by atoms with Gasteiger partial charge in [0.25, 0.3) is 0 Å². The highest BCUT2D eigenvalue weighted by atomic mass is 32.1. The molecule has 1 fully saturated rings. The van der Waals surface area contributed by atoms with Crippen LogP contribution in [0.5, 0.6) is 0 Å². The van der Waals surface area contributed by atoms with Crippen molar-refractivity contribution in [2.75, 3.05) is 6.54 Å². The SMILES string of the molecule is CC(C)(CNC(=S)NC1CCCCC1)c1cccs1. The monoisotopic (exact) mass is 296 g/mol. The molecular formula is C15H24N2S2. The molecule has 1 aromatic heterocycles. The van der Waals surface area contributed by atoms with Crippen LogP contribution < -0.4 is 10.6 Å². The highest BCUT2D eigenvalue weighted by molar-refractivity contribution is 7.80. The van der Waals surface area contributed by atoms with Crippen molar-refractivity contribution in [2.24, 2.45) is 0 Å². The van der Waals surface area contributed by atoms with E-state index in [1.54, 1.807) is 0 Å². The Bertz CT molecular complexity index is 392. The van der Waals surface area contributed by atoms with Crippen LogP contribution in [-0.2, 0) is 5.41 Å². The van der Waals surface area contributed by atoms with Gasteiger partial charge in [-0.1, -0.05) is 39.2 Å². The molecule has 0 bridgehead atoms. The third-order valence-electron chi connectivity index (χ3n) is 3.82. The molecule has 1 aliphatic carbocycles. The summed E-state index contributed by atoms with van der Waals surface area (Å²) >= 11 is 7.23. The van der Waals surface area contributed by atoms with Gasteiger partial charge < -0.3 is 10.6 Å². The van der Waals surface area contributed by atoms with Crippen molar-refractivity contribution in [3.63, 3.8) is 0 Å². The minimum Gasteiger partial charge on any atom is -0.362 e. The van der Waals surface area contributed by atoms with Crippen LogP contribution in [0, 0.1) is 0 Å². The molecule has 4 heteroatoms. The average molecular weight is 297 g/mol. The summed E-state index contributed by atoms with van der Waals surface area (Å²) in [5.74, 6) is 0. The lowest BCUT2D eigenvalue weighted by Gasteiger charge is -2.28. The van der Waals surface area contributed by atoms with Gasteiger partial charge in [0.2, 0.25) is 0 Å². The number of nitrogens with one attached hydrogen (secondary N) is 2. The molecule has 0 aliphatic heterocycles. The standard InChI is InChI=1S/C15H24N2S2/c1-15(2,13-9-6-10-19-13)11-16-14(18)17-12-7-4-3-5-8-12/h6,9-10,12H,3-5,7-8,11H2,1-2H3,(H2,16,17,18). The first kappa shape index (κ1) is 14.8. The first-order valence-electron chi connectivity index (χ1n) is 7.16. The second-order valence-electron chi connectivity index (χ2n) is 6.02. The van der Waals surface area contributed by atoms with Crippen molar-refractivity contribution in [1.82, 2.24) is 10.6 Å². The van der Waals surface area contributed by atoms with Crippen LogP contribution in [0.25, 0.3) is 0 Å². The van der Waals surface area contributed by atoms with Gasteiger partial charge >= 0.3 is 0 Å². The summed E-state index contributed by atoms with van der Waals surface area (Å²) in [7, 11) is 0. The molecule has 106 valence electrons. The Morgan fingerprint density at radius 3 is 2.74 bits per heavy atom. The quantitative estimate of drug-likeness (QED) is 0.826. The normalized spacial score (nSPS) is 17.2. The molecule has 2 rings (SSSR count). The van der Waals surface area contributed by atoms with Crippen LogP contribution in [0.4, 0.5) is 0 Å². The third kappa shape index (κ3) is 4.46. The van der Waals surface area contributed by atoms with E-state index in [0.717, 1.165) is 11.7 Å². The van der Waals surface area contributed by atoms with Crippen LogP contribution in [-0.4, -0.2) is 17.7 Å². The van der Waals surface area contributed by atoms with E-state index in [1.807, 2.05) is 11.3 Å². The van der Waals surface area contributed by atoms with E-state index in [2.05, 4.69) is 42.0 Å². The zero-order chi connectivity index (χ0) is 13.7. The lowest BCUT2D eigenvalue weighted by molar-refractivity contribution is 0.410. The van der Waals surface area contributed by atoms with E-state index in [0.29, 0.717) is 6.04 Å². The Hall–Kier alpha value is -0.610. The van der Waals surface area contributed by atoms with Crippen LogP contribution in [0.2, 0.25) is 0 Å². The van der Waals surface area contributed by atoms with Crippen molar-refractivity contribution in [2.45, 2.75) is 57.4 Å². The Morgan fingerprint density at radius 2 is 2.11 bits per heavy atom.